The van der Waals surface area contributed by atoms with Crippen LogP contribution in [0.4, 0.5) is 0 Å². The highest BCUT2D eigenvalue weighted by Crippen LogP contribution is 2.27. The molecule has 0 saturated carbocycles. The number of benzene rings is 3. The maximum Gasteiger partial charge on any atom is 0.294 e. The van der Waals surface area contributed by atoms with Crippen molar-refractivity contribution in [1.82, 2.24) is 0 Å². The molecule has 0 amide bonds. The molecule has 0 aromatic heterocycles. The zero-order chi connectivity index (χ0) is 12.8. The van der Waals surface area contributed by atoms with Crippen LogP contribution in [0.15, 0.2) is 59.5 Å². The molecule has 0 radical (unpaired) electrons. The second-order valence-electron chi connectivity index (χ2n) is 4.14. The first-order chi connectivity index (χ1) is 8.55. The minimum atomic E-state index is -4.16. The van der Waals surface area contributed by atoms with Gasteiger partial charge in [0.2, 0.25) is 0 Å². The van der Waals surface area contributed by atoms with E-state index in [9.17, 15) is 8.42 Å². The van der Waals surface area contributed by atoms with Crippen molar-refractivity contribution in [1.29, 1.82) is 0 Å². The Morgan fingerprint density at radius 1 is 0.778 bits per heavy atom. The highest BCUT2D eigenvalue weighted by Gasteiger charge is 2.10. The van der Waals surface area contributed by atoms with Crippen molar-refractivity contribution in [3.05, 3.63) is 54.6 Å². The first kappa shape index (κ1) is 11.2. The van der Waals surface area contributed by atoms with Crippen LogP contribution in [0, 0.1) is 0 Å². The molecule has 3 aromatic carbocycles. The number of rotatable bonds is 1. The lowest BCUT2D eigenvalue weighted by atomic mass is 10.0. The molecule has 0 heterocycles. The quantitative estimate of drug-likeness (QED) is 0.538. The highest BCUT2D eigenvalue weighted by atomic mass is 32.2. The van der Waals surface area contributed by atoms with Gasteiger partial charge in [0, 0.05) is 0 Å². The van der Waals surface area contributed by atoms with E-state index in [0.29, 0.717) is 0 Å². The van der Waals surface area contributed by atoms with Crippen molar-refractivity contribution < 1.29 is 13.0 Å². The van der Waals surface area contributed by atoms with E-state index in [4.69, 9.17) is 4.55 Å². The van der Waals surface area contributed by atoms with Crippen molar-refractivity contribution in [2.75, 3.05) is 0 Å². The van der Waals surface area contributed by atoms with Crippen molar-refractivity contribution in [3.63, 3.8) is 0 Å². The van der Waals surface area contributed by atoms with Crippen molar-refractivity contribution in [3.8, 4) is 0 Å². The van der Waals surface area contributed by atoms with Crippen LogP contribution in [-0.4, -0.2) is 13.0 Å². The summed E-state index contributed by atoms with van der Waals surface area (Å²) in [6.07, 6.45) is 0. The van der Waals surface area contributed by atoms with Gasteiger partial charge < -0.3 is 0 Å². The van der Waals surface area contributed by atoms with E-state index in [-0.39, 0.29) is 4.90 Å². The van der Waals surface area contributed by atoms with E-state index in [2.05, 4.69) is 0 Å². The van der Waals surface area contributed by atoms with Crippen LogP contribution >= 0.6 is 0 Å². The molecule has 0 aliphatic rings. The monoisotopic (exact) mass is 258 g/mol. The van der Waals surface area contributed by atoms with E-state index in [1.54, 1.807) is 6.07 Å². The molecule has 90 valence electrons. The predicted molar refractivity (Wildman–Crippen MR) is 71.3 cm³/mol. The fourth-order valence-electron chi connectivity index (χ4n) is 2.14. The fraction of sp³-hybridized carbons (Fsp3) is 0. The number of hydrogen-bond donors (Lipinski definition) is 1. The minimum Gasteiger partial charge on any atom is -0.282 e. The van der Waals surface area contributed by atoms with Gasteiger partial charge in [-0.1, -0.05) is 42.5 Å². The molecule has 0 aliphatic heterocycles. The summed E-state index contributed by atoms with van der Waals surface area (Å²) in [4.78, 5) is -0.0775. The molecule has 0 atom stereocenters. The van der Waals surface area contributed by atoms with Crippen LogP contribution < -0.4 is 0 Å². The molecule has 18 heavy (non-hydrogen) atoms. The van der Waals surface area contributed by atoms with E-state index < -0.39 is 10.1 Å². The third kappa shape index (κ3) is 1.75. The molecule has 3 nitrogen and oxygen atoms in total. The normalized spacial score (nSPS) is 12.1. The molecular formula is C14H10O3S. The molecule has 3 aromatic rings. The summed E-state index contributed by atoms with van der Waals surface area (Å²) in [5, 5.41) is 3.78. The van der Waals surface area contributed by atoms with E-state index >= 15 is 0 Å². The van der Waals surface area contributed by atoms with Gasteiger partial charge in [-0.2, -0.15) is 8.42 Å². The lowest BCUT2D eigenvalue weighted by Crippen LogP contribution is -1.97. The van der Waals surface area contributed by atoms with E-state index in [0.717, 1.165) is 21.5 Å². The molecule has 0 bridgehead atoms. The van der Waals surface area contributed by atoms with E-state index in [1.807, 2.05) is 36.4 Å². The Bertz CT molecular complexity index is 851. The van der Waals surface area contributed by atoms with Crippen molar-refractivity contribution >= 4 is 31.7 Å². The van der Waals surface area contributed by atoms with E-state index in [1.165, 1.54) is 12.1 Å². The Kier molecular flexibility index (Phi) is 2.36. The van der Waals surface area contributed by atoms with Gasteiger partial charge in [0.1, 0.15) is 0 Å². The Morgan fingerprint density at radius 2 is 1.39 bits per heavy atom. The molecule has 4 heteroatoms. The topological polar surface area (TPSA) is 54.4 Å². The Balaban J connectivity index is 2.48. The lowest BCUT2D eigenvalue weighted by Gasteiger charge is -2.05. The first-order valence-corrected chi connectivity index (χ1v) is 6.89. The van der Waals surface area contributed by atoms with Gasteiger partial charge in [-0.05, 0) is 33.7 Å². The fourth-order valence-corrected chi connectivity index (χ4v) is 2.65. The summed E-state index contributed by atoms with van der Waals surface area (Å²) < 4.78 is 31.4. The number of hydrogen-bond acceptors (Lipinski definition) is 2. The second kappa shape index (κ2) is 3.80. The summed E-state index contributed by atoms with van der Waals surface area (Å²) in [5.74, 6) is 0. The molecule has 0 unspecified atom stereocenters. The van der Waals surface area contributed by atoms with Gasteiger partial charge in [0.15, 0.2) is 0 Å². The van der Waals surface area contributed by atoms with Gasteiger partial charge in [-0.15, -0.1) is 0 Å². The third-order valence-electron chi connectivity index (χ3n) is 3.02. The molecule has 1 N–H and O–H groups in total. The maximum atomic E-state index is 11.2. The number of fused-ring (bicyclic) bond motifs is 3. The summed E-state index contributed by atoms with van der Waals surface area (Å²) in [6.45, 7) is 0. The largest absolute Gasteiger partial charge is 0.294 e. The molecule has 3 rings (SSSR count). The molecule has 0 fully saturated rings. The maximum absolute atomic E-state index is 11.2. The van der Waals surface area contributed by atoms with Crippen LogP contribution in [0.5, 0.6) is 0 Å². The molecule has 0 aliphatic carbocycles. The molecule has 0 spiro atoms. The second-order valence-corrected chi connectivity index (χ2v) is 5.57. The van der Waals surface area contributed by atoms with Crippen molar-refractivity contribution in [2.45, 2.75) is 4.90 Å². The van der Waals surface area contributed by atoms with Gasteiger partial charge in [0.05, 0.1) is 4.90 Å². The van der Waals surface area contributed by atoms with Crippen LogP contribution in [0.25, 0.3) is 21.5 Å². The Labute approximate surface area is 104 Å². The zero-order valence-corrected chi connectivity index (χ0v) is 10.2. The summed E-state index contributed by atoms with van der Waals surface area (Å²) in [7, 11) is -4.16. The van der Waals surface area contributed by atoms with Crippen LogP contribution in [-0.2, 0) is 10.1 Å². The van der Waals surface area contributed by atoms with Crippen LogP contribution in [0.1, 0.15) is 0 Å². The van der Waals surface area contributed by atoms with Gasteiger partial charge in [0.25, 0.3) is 10.1 Å². The molecular weight excluding hydrogens is 248 g/mol. The SMILES string of the molecule is O=S(=O)(O)c1ccc2ccc3ccccc3c2c1. The van der Waals surface area contributed by atoms with Gasteiger partial charge in [-0.3, -0.25) is 4.55 Å². The summed E-state index contributed by atoms with van der Waals surface area (Å²) in [5.41, 5.74) is 0. The van der Waals surface area contributed by atoms with Crippen molar-refractivity contribution in [2.24, 2.45) is 0 Å². The van der Waals surface area contributed by atoms with Gasteiger partial charge in [-0.25, -0.2) is 0 Å². The Morgan fingerprint density at radius 3 is 2.11 bits per heavy atom. The predicted octanol–water partition coefficient (Wildman–Crippen LogP) is 3.24. The summed E-state index contributed by atoms with van der Waals surface area (Å²) in [6, 6.07) is 16.3. The smallest absolute Gasteiger partial charge is 0.282 e. The van der Waals surface area contributed by atoms with Crippen LogP contribution in [0.3, 0.4) is 0 Å². The first-order valence-electron chi connectivity index (χ1n) is 5.45. The lowest BCUT2D eigenvalue weighted by molar-refractivity contribution is 0.483. The molecule has 0 saturated heterocycles. The minimum absolute atomic E-state index is 0.0775. The van der Waals surface area contributed by atoms with Crippen LogP contribution in [0.2, 0.25) is 0 Å². The average Bonchev–Trinajstić information content (AvgIpc) is 2.37. The highest BCUT2D eigenvalue weighted by molar-refractivity contribution is 7.85. The standard InChI is InChI=1S/C14H10O3S/c15-18(16,17)12-8-7-11-6-5-10-3-1-2-4-13(10)14(11)9-12/h1-9H,(H,15,16,17). The third-order valence-corrected chi connectivity index (χ3v) is 3.87. The Hall–Kier alpha value is -1.91. The zero-order valence-electron chi connectivity index (χ0n) is 9.37. The summed E-state index contributed by atoms with van der Waals surface area (Å²) >= 11 is 0. The average molecular weight is 258 g/mol. The van der Waals surface area contributed by atoms with Gasteiger partial charge >= 0.3 is 0 Å².